The molecule has 0 atom stereocenters. The first-order valence-electron chi connectivity index (χ1n) is 6.49. The van der Waals surface area contributed by atoms with Crippen molar-refractivity contribution in [1.29, 1.82) is 0 Å². The van der Waals surface area contributed by atoms with Gasteiger partial charge in [-0.15, -0.1) is 0 Å². The zero-order valence-electron chi connectivity index (χ0n) is 11.1. The Bertz CT molecular complexity index is 367. The highest BCUT2D eigenvalue weighted by molar-refractivity contribution is 5.31. The largest absolute Gasteiger partial charge is 0.481 e. The average Bonchev–Trinajstić information content (AvgIpc) is 2.62. The van der Waals surface area contributed by atoms with Crippen LogP contribution in [0.3, 0.4) is 0 Å². The van der Waals surface area contributed by atoms with Gasteiger partial charge in [0.05, 0.1) is 12.8 Å². The van der Waals surface area contributed by atoms with Gasteiger partial charge in [0.15, 0.2) is 0 Å². The summed E-state index contributed by atoms with van der Waals surface area (Å²) in [6.45, 7) is 4.42. The lowest BCUT2D eigenvalue weighted by molar-refractivity contribution is 0.346. The number of nitrogens with zero attached hydrogens (tertiary/aromatic N) is 2. The van der Waals surface area contributed by atoms with Crippen molar-refractivity contribution < 1.29 is 4.74 Å². The number of aromatic nitrogens is 2. The number of rotatable bonds is 4. The first kappa shape index (κ1) is 12.4. The number of methoxy groups -OCH3 is 1. The fraction of sp³-hybridized carbons (Fsp3) is 0.769. The molecule has 1 aliphatic heterocycles. The van der Waals surface area contributed by atoms with Gasteiger partial charge >= 0.3 is 0 Å². The number of aryl methyl sites for hydroxylation is 2. The van der Waals surface area contributed by atoms with E-state index in [0.29, 0.717) is 0 Å². The lowest BCUT2D eigenvalue weighted by atomic mass is 9.91. The van der Waals surface area contributed by atoms with Gasteiger partial charge in [-0.3, -0.25) is 0 Å². The Morgan fingerprint density at radius 1 is 1.41 bits per heavy atom. The molecule has 0 aliphatic carbocycles. The molecule has 1 aliphatic rings. The van der Waals surface area contributed by atoms with Crippen LogP contribution >= 0.6 is 0 Å². The van der Waals surface area contributed by atoms with Crippen LogP contribution in [-0.4, -0.2) is 30.0 Å². The van der Waals surface area contributed by atoms with E-state index in [1.807, 2.05) is 11.7 Å². The quantitative estimate of drug-likeness (QED) is 0.866. The van der Waals surface area contributed by atoms with E-state index < -0.39 is 0 Å². The lowest BCUT2D eigenvalue weighted by Crippen LogP contribution is -2.27. The van der Waals surface area contributed by atoms with Crippen LogP contribution in [0.4, 0.5) is 0 Å². The Hall–Kier alpha value is -1.03. The van der Waals surface area contributed by atoms with Crippen molar-refractivity contribution in [3.05, 3.63) is 11.3 Å². The molecule has 1 saturated heterocycles. The summed E-state index contributed by atoms with van der Waals surface area (Å²) in [5.41, 5.74) is 2.40. The van der Waals surface area contributed by atoms with Crippen LogP contribution < -0.4 is 10.1 Å². The summed E-state index contributed by atoms with van der Waals surface area (Å²) < 4.78 is 7.27. The second kappa shape index (κ2) is 5.54. The fourth-order valence-electron chi connectivity index (χ4n) is 2.74. The first-order valence-corrected chi connectivity index (χ1v) is 6.49. The zero-order chi connectivity index (χ0) is 12.3. The smallest absolute Gasteiger partial charge is 0.214 e. The minimum absolute atomic E-state index is 0.862. The Morgan fingerprint density at radius 3 is 2.76 bits per heavy atom. The van der Waals surface area contributed by atoms with Crippen LogP contribution in [0.25, 0.3) is 0 Å². The molecule has 0 spiro atoms. The van der Waals surface area contributed by atoms with Crippen LogP contribution in [0.1, 0.15) is 30.5 Å². The van der Waals surface area contributed by atoms with Crippen molar-refractivity contribution >= 4 is 0 Å². The molecule has 0 amide bonds. The second-order valence-electron chi connectivity index (χ2n) is 4.93. The maximum atomic E-state index is 5.42. The molecule has 0 radical (unpaired) electrons. The SMILES string of the molecule is COc1c(CCC2CCNCC2)c(C)nn1C. The van der Waals surface area contributed by atoms with Crippen molar-refractivity contribution in [3.8, 4) is 5.88 Å². The van der Waals surface area contributed by atoms with Crippen LogP contribution in [-0.2, 0) is 13.5 Å². The van der Waals surface area contributed by atoms with Gasteiger partial charge in [0.2, 0.25) is 5.88 Å². The summed E-state index contributed by atoms with van der Waals surface area (Å²) >= 11 is 0. The van der Waals surface area contributed by atoms with Crippen LogP contribution in [0.15, 0.2) is 0 Å². The third-order valence-corrected chi connectivity index (χ3v) is 3.74. The molecule has 4 nitrogen and oxygen atoms in total. The number of hydrogen-bond acceptors (Lipinski definition) is 3. The molecular formula is C13H23N3O. The number of ether oxygens (including phenoxy) is 1. The second-order valence-corrected chi connectivity index (χ2v) is 4.93. The van der Waals surface area contributed by atoms with Crippen molar-refractivity contribution in [3.63, 3.8) is 0 Å². The van der Waals surface area contributed by atoms with Crippen molar-refractivity contribution in [2.24, 2.45) is 13.0 Å². The summed E-state index contributed by atoms with van der Waals surface area (Å²) in [6.07, 6.45) is 4.96. The monoisotopic (exact) mass is 237 g/mol. The van der Waals surface area contributed by atoms with Crippen LogP contribution in [0.2, 0.25) is 0 Å². The van der Waals surface area contributed by atoms with Gasteiger partial charge in [0, 0.05) is 12.6 Å². The van der Waals surface area contributed by atoms with E-state index in [-0.39, 0.29) is 0 Å². The van der Waals surface area contributed by atoms with Gasteiger partial charge in [-0.2, -0.15) is 5.10 Å². The topological polar surface area (TPSA) is 39.1 Å². The third-order valence-electron chi connectivity index (χ3n) is 3.74. The van der Waals surface area contributed by atoms with Gasteiger partial charge in [-0.05, 0) is 51.6 Å². The first-order chi connectivity index (χ1) is 8.22. The molecule has 1 aromatic rings. The molecule has 2 rings (SSSR count). The summed E-state index contributed by atoms with van der Waals surface area (Å²) in [5, 5.41) is 7.83. The van der Waals surface area contributed by atoms with Crippen molar-refractivity contribution in [2.75, 3.05) is 20.2 Å². The van der Waals surface area contributed by atoms with E-state index in [1.54, 1.807) is 7.11 Å². The van der Waals surface area contributed by atoms with Crippen molar-refractivity contribution in [2.45, 2.75) is 32.6 Å². The van der Waals surface area contributed by atoms with Gasteiger partial charge in [-0.25, -0.2) is 4.68 Å². The molecule has 4 heteroatoms. The standard InChI is InChI=1S/C13H23N3O/c1-10-12(13(17-3)16(2)15-10)5-4-11-6-8-14-9-7-11/h11,14H,4-9H2,1-3H3. The van der Waals surface area contributed by atoms with Gasteiger partial charge in [-0.1, -0.05) is 0 Å². The molecule has 0 unspecified atom stereocenters. The lowest BCUT2D eigenvalue weighted by Gasteiger charge is -2.22. The molecule has 0 saturated carbocycles. The van der Waals surface area contributed by atoms with Crippen LogP contribution in [0.5, 0.6) is 5.88 Å². The summed E-state index contributed by atoms with van der Waals surface area (Å²) in [4.78, 5) is 0. The highest BCUT2D eigenvalue weighted by Crippen LogP contribution is 2.26. The molecule has 2 heterocycles. The van der Waals surface area contributed by atoms with E-state index in [2.05, 4.69) is 17.3 Å². The molecule has 1 fully saturated rings. The Labute approximate surface area is 103 Å². The highest BCUT2D eigenvalue weighted by Gasteiger charge is 2.17. The fourth-order valence-corrected chi connectivity index (χ4v) is 2.74. The predicted octanol–water partition coefficient (Wildman–Crippen LogP) is 1.67. The van der Waals surface area contributed by atoms with Gasteiger partial charge in [0.1, 0.15) is 0 Å². The van der Waals surface area contributed by atoms with Crippen molar-refractivity contribution in [1.82, 2.24) is 15.1 Å². The van der Waals surface area contributed by atoms with Gasteiger partial charge < -0.3 is 10.1 Å². The summed E-state index contributed by atoms with van der Waals surface area (Å²) in [7, 11) is 3.67. The highest BCUT2D eigenvalue weighted by atomic mass is 16.5. The third kappa shape index (κ3) is 2.80. The van der Waals surface area contributed by atoms with E-state index in [0.717, 1.165) is 23.9 Å². The molecule has 0 bridgehead atoms. The van der Waals surface area contributed by atoms with E-state index >= 15 is 0 Å². The number of hydrogen-bond donors (Lipinski definition) is 1. The normalized spacial score (nSPS) is 17.4. The molecule has 17 heavy (non-hydrogen) atoms. The summed E-state index contributed by atoms with van der Waals surface area (Å²) in [6, 6.07) is 0. The maximum Gasteiger partial charge on any atom is 0.214 e. The Balaban J connectivity index is 1.97. The minimum Gasteiger partial charge on any atom is -0.481 e. The van der Waals surface area contributed by atoms with E-state index in [1.165, 1.54) is 37.9 Å². The zero-order valence-corrected chi connectivity index (χ0v) is 11.1. The average molecular weight is 237 g/mol. The number of nitrogens with one attached hydrogen (secondary N) is 1. The minimum atomic E-state index is 0.862. The predicted molar refractivity (Wildman–Crippen MR) is 68.4 cm³/mol. The molecular weight excluding hydrogens is 214 g/mol. The van der Waals surface area contributed by atoms with Crippen LogP contribution in [0, 0.1) is 12.8 Å². The number of piperidine rings is 1. The summed E-state index contributed by atoms with van der Waals surface area (Å²) in [5.74, 6) is 1.79. The Morgan fingerprint density at radius 2 is 2.12 bits per heavy atom. The Kier molecular flexibility index (Phi) is 4.05. The molecule has 96 valence electrons. The molecule has 1 N–H and O–H groups in total. The van der Waals surface area contributed by atoms with E-state index in [4.69, 9.17) is 4.74 Å². The van der Waals surface area contributed by atoms with E-state index in [9.17, 15) is 0 Å². The molecule has 1 aromatic heterocycles. The van der Waals surface area contributed by atoms with Gasteiger partial charge in [0.25, 0.3) is 0 Å². The molecule has 0 aromatic carbocycles. The maximum absolute atomic E-state index is 5.42.